The molecule has 5 aromatic rings. The van der Waals surface area contributed by atoms with E-state index in [4.69, 9.17) is 0 Å². The van der Waals surface area contributed by atoms with E-state index in [0.717, 1.165) is 0 Å². The summed E-state index contributed by atoms with van der Waals surface area (Å²) < 4.78 is 19.7. The summed E-state index contributed by atoms with van der Waals surface area (Å²) in [6, 6.07) is 10.2. The van der Waals surface area contributed by atoms with Crippen molar-refractivity contribution in [2.45, 2.75) is 0 Å². The number of hydrogen-bond acceptors (Lipinski definition) is 5. The monoisotopic (exact) mass is 432 g/mol. The predicted octanol–water partition coefficient (Wildman–Crippen LogP) is 2.24. The normalized spacial score (nSPS) is 11.2. The second-order valence-corrected chi connectivity index (χ2v) is 7.14. The molecule has 160 valence electrons. The molecule has 0 bridgehead atoms. The fourth-order valence-corrected chi connectivity index (χ4v) is 3.56. The summed E-state index contributed by atoms with van der Waals surface area (Å²) in [5.41, 5.74) is 1.65. The molecule has 2 N–H and O–H groups in total. The second kappa shape index (κ2) is 7.30. The van der Waals surface area contributed by atoms with Gasteiger partial charge in [0.05, 0.1) is 16.6 Å². The third-order valence-electron chi connectivity index (χ3n) is 5.18. The Balaban J connectivity index is 1.56. The molecule has 32 heavy (non-hydrogen) atoms. The minimum atomic E-state index is -0.576. The van der Waals surface area contributed by atoms with Gasteiger partial charge in [-0.25, -0.2) is 23.4 Å². The van der Waals surface area contributed by atoms with Crippen LogP contribution in [0.5, 0.6) is 0 Å². The highest BCUT2D eigenvalue weighted by molar-refractivity contribution is 6.11. The van der Waals surface area contributed by atoms with Crippen molar-refractivity contribution in [3.05, 3.63) is 77.1 Å². The summed E-state index contributed by atoms with van der Waals surface area (Å²) in [5.74, 6) is -0.897. The number of aromatic amines is 1. The Hall–Kier alpha value is -4.54. The van der Waals surface area contributed by atoms with Crippen LogP contribution in [-0.4, -0.2) is 40.0 Å². The van der Waals surface area contributed by atoms with Crippen LogP contribution in [0.1, 0.15) is 10.5 Å². The van der Waals surface area contributed by atoms with Crippen LogP contribution in [0.15, 0.2) is 59.9 Å². The SMILES string of the molecule is Cn1ncn(-c2ccc(-c3ccc4c(c(C(=O)Nc5ncc[nH]5)nn4C)c3F)cc2)c1=O. The number of halogens is 1. The fraction of sp³-hybridized carbons (Fsp3) is 0.0952. The molecule has 3 heterocycles. The molecule has 5 rings (SSSR count). The average Bonchev–Trinajstić information content (AvgIpc) is 3.50. The number of nitrogens with one attached hydrogen (secondary N) is 2. The number of imidazole rings is 1. The summed E-state index contributed by atoms with van der Waals surface area (Å²) in [6.07, 6.45) is 4.48. The van der Waals surface area contributed by atoms with Crippen molar-refractivity contribution >= 4 is 22.8 Å². The van der Waals surface area contributed by atoms with Gasteiger partial charge in [0.25, 0.3) is 5.91 Å². The van der Waals surface area contributed by atoms with Gasteiger partial charge in [-0.15, -0.1) is 0 Å². The Kier molecular flexibility index (Phi) is 4.43. The van der Waals surface area contributed by atoms with E-state index in [0.29, 0.717) is 22.3 Å². The smallest absolute Gasteiger partial charge is 0.331 e. The lowest BCUT2D eigenvalue weighted by Gasteiger charge is -2.07. The van der Waals surface area contributed by atoms with E-state index in [9.17, 15) is 9.59 Å². The number of aromatic nitrogens is 7. The molecule has 0 saturated carbocycles. The highest BCUT2D eigenvalue weighted by Gasteiger charge is 2.22. The Morgan fingerprint density at radius 1 is 1.09 bits per heavy atom. The minimum absolute atomic E-state index is 0.0446. The number of anilines is 1. The number of hydrogen-bond donors (Lipinski definition) is 2. The van der Waals surface area contributed by atoms with Gasteiger partial charge in [-0.3, -0.25) is 14.8 Å². The van der Waals surface area contributed by atoms with Gasteiger partial charge in [-0.05, 0) is 29.8 Å². The summed E-state index contributed by atoms with van der Waals surface area (Å²) in [4.78, 5) is 31.5. The van der Waals surface area contributed by atoms with Crippen molar-refractivity contribution in [2.75, 3.05) is 5.32 Å². The standard InChI is InChI=1S/C21H17FN8O2/c1-28-15-8-7-14(12-3-5-13(6-4-12)30-11-25-29(2)21(30)32)17(22)16(15)18(27-28)19(31)26-20-23-9-10-24-20/h3-11H,1-2H3,(H2,23,24,26,31). The van der Waals surface area contributed by atoms with E-state index in [1.165, 1.54) is 26.5 Å². The molecule has 0 aliphatic rings. The van der Waals surface area contributed by atoms with E-state index < -0.39 is 11.7 Å². The number of aryl methyl sites for hydroxylation is 2. The molecule has 10 nitrogen and oxygen atoms in total. The number of carbonyl (C=O) groups excluding carboxylic acids is 1. The molecule has 0 spiro atoms. The van der Waals surface area contributed by atoms with Crippen LogP contribution in [-0.2, 0) is 14.1 Å². The first-order valence-corrected chi connectivity index (χ1v) is 9.61. The molecule has 0 fully saturated rings. The van der Waals surface area contributed by atoms with E-state index in [-0.39, 0.29) is 22.7 Å². The molecule has 1 amide bonds. The van der Waals surface area contributed by atoms with Crippen molar-refractivity contribution < 1.29 is 9.18 Å². The Bertz CT molecular complexity index is 1510. The first-order valence-electron chi connectivity index (χ1n) is 9.61. The summed E-state index contributed by atoms with van der Waals surface area (Å²) >= 11 is 0. The highest BCUT2D eigenvalue weighted by atomic mass is 19.1. The maximum absolute atomic E-state index is 15.6. The number of amides is 1. The first kappa shape index (κ1) is 19.4. The van der Waals surface area contributed by atoms with Gasteiger partial charge in [-0.1, -0.05) is 12.1 Å². The van der Waals surface area contributed by atoms with E-state index in [1.807, 2.05) is 0 Å². The molecule has 0 atom stereocenters. The van der Waals surface area contributed by atoms with Crippen LogP contribution >= 0.6 is 0 Å². The molecule has 0 saturated heterocycles. The van der Waals surface area contributed by atoms with Crippen LogP contribution < -0.4 is 11.0 Å². The topological polar surface area (TPSA) is 115 Å². The van der Waals surface area contributed by atoms with Crippen molar-refractivity contribution in [1.82, 2.24) is 34.1 Å². The average molecular weight is 432 g/mol. The molecule has 0 aliphatic heterocycles. The fourth-order valence-electron chi connectivity index (χ4n) is 3.56. The van der Waals surface area contributed by atoms with Gasteiger partial charge in [-0.2, -0.15) is 10.2 Å². The zero-order valence-electron chi connectivity index (χ0n) is 17.1. The molecular weight excluding hydrogens is 415 g/mol. The number of nitrogens with zero attached hydrogens (tertiary/aromatic N) is 6. The van der Waals surface area contributed by atoms with Gasteiger partial charge in [0.2, 0.25) is 5.95 Å². The van der Waals surface area contributed by atoms with Crippen LogP contribution in [0.3, 0.4) is 0 Å². The Morgan fingerprint density at radius 2 is 1.88 bits per heavy atom. The molecule has 2 aromatic carbocycles. The third kappa shape index (κ3) is 3.07. The first-order chi connectivity index (χ1) is 15.4. The van der Waals surface area contributed by atoms with Crippen molar-refractivity contribution in [2.24, 2.45) is 14.1 Å². The molecular formula is C21H17FN8O2. The second-order valence-electron chi connectivity index (χ2n) is 7.14. The predicted molar refractivity (Wildman–Crippen MR) is 115 cm³/mol. The quantitative estimate of drug-likeness (QED) is 0.452. The van der Waals surface area contributed by atoms with Crippen molar-refractivity contribution in [3.63, 3.8) is 0 Å². The zero-order chi connectivity index (χ0) is 22.4. The number of H-pyrrole nitrogens is 1. The Morgan fingerprint density at radius 3 is 2.53 bits per heavy atom. The highest BCUT2D eigenvalue weighted by Crippen LogP contribution is 2.31. The van der Waals surface area contributed by atoms with Gasteiger partial charge in [0.1, 0.15) is 12.1 Å². The zero-order valence-corrected chi connectivity index (χ0v) is 17.1. The molecule has 0 radical (unpaired) electrons. The van der Waals surface area contributed by atoms with Gasteiger partial charge in [0, 0.05) is 32.1 Å². The van der Waals surface area contributed by atoms with Crippen LogP contribution in [0.25, 0.3) is 27.7 Å². The third-order valence-corrected chi connectivity index (χ3v) is 5.18. The largest absolute Gasteiger partial charge is 0.350 e. The summed E-state index contributed by atoms with van der Waals surface area (Å²) in [7, 11) is 3.21. The maximum Gasteiger partial charge on any atom is 0.350 e. The molecule has 11 heteroatoms. The number of fused-ring (bicyclic) bond motifs is 1. The number of benzene rings is 2. The van der Waals surface area contributed by atoms with Gasteiger partial charge in [0.15, 0.2) is 5.69 Å². The summed E-state index contributed by atoms with van der Waals surface area (Å²) in [6.45, 7) is 0. The molecule has 3 aromatic heterocycles. The van der Waals surface area contributed by atoms with Crippen LogP contribution in [0.4, 0.5) is 10.3 Å². The molecule has 0 aliphatic carbocycles. The number of carbonyl (C=O) groups is 1. The van der Waals surface area contributed by atoms with E-state index >= 15 is 4.39 Å². The Labute approximate surface area is 179 Å². The van der Waals surface area contributed by atoms with Crippen LogP contribution in [0, 0.1) is 5.82 Å². The van der Waals surface area contributed by atoms with Gasteiger partial charge < -0.3 is 4.98 Å². The molecule has 0 unspecified atom stereocenters. The lowest BCUT2D eigenvalue weighted by molar-refractivity contribution is 0.102. The lowest BCUT2D eigenvalue weighted by atomic mass is 10.0. The number of rotatable bonds is 4. The van der Waals surface area contributed by atoms with E-state index in [2.05, 4.69) is 25.5 Å². The lowest BCUT2D eigenvalue weighted by Crippen LogP contribution is -2.21. The summed E-state index contributed by atoms with van der Waals surface area (Å²) in [5, 5.41) is 10.8. The van der Waals surface area contributed by atoms with Crippen molar-refractivity contribution in [3.8, 4) is 16.8 Å². The minimum Gasteiger partial charge on any atom is -0.331 e. The van der Waals surface area contributed by atoms with Gasteiger partial charge >= 0.3 is 5.69 Å². The maximum atomic E-state index is 15.6. The van der Waals surface area contributed by atoms with Crippen molar-refractivity contribution in [1.29, 1.82) is 0 Å². The van der Waals surface area contributed by atoms with E-state index in [1.54, 1.807) is 56.7 Å². The van der Waals surface area contributed by atoms with Crippen LogP contribution in [0.2, 0.25) is 0 Å².